The van der Waals surface area contributed by atoms with E-state index < -0.39 is 0 Å². The van der Waals surface area contributed by atoms with Crippen molar-refractivity contribution >= 4 is 5.95 Å². The van der Waals surface area contributed by atoms with Gasteiger partial charge in [0, 0.05) is 6.61 Å². The van der Waals surface area contributed by atoms with Crippen LogP contribution in [0.25, 0.3) is 0 Å². The highest BCUT2D eigenvalue weighted by atomic mass is 16.5. The second-order valence-corrected chi connectivity index (χ2v) is 4.09. The van der Waals surface area contributed by atoms with E-state index in [0.29, 0.717) is 12.6 Å². The minimum Gasteiger partial charge on any atom is -0.379 e. The Labute approximate surface area is 89.6 Å². The van der Waals surface area contributed by atoms with Crippen LogP contribution in [0.1, 0.15) is 25.7 Å². The Bertz CT molecular complexity index is 293. The summed E-state index contributed by atoms with van der Waals surface area (Å²) in [6, 6.07) is 0. The van der Waals surface area contributed by atoms with Gasteiger partial charge in [0.1, 0.15) is 6.33 Å². The summed E-state index contributed by atoms with van der Waals surface area (Å²) in [7, 11) is 0. The number of anilines is 1. The number of ether oxygens (including phenoxy) is 1. The number of aromatic nitrogens is 3. The maximum absolute atomic E-state index is 5.60. The molecule has 1 aliphatic rings. The SMILES string of the molecule is Nc1ncn(CCOCC2CCCC2)n1. The van der Waals surface area contributed by atoms with Crippen molar-refractivity contribution in [1.29, 1.82) is 0 Å². The van der Waals surface area contributed by atoms with E-state index >= 15 is 0 Å². The summed E-state index contributed by atoms with van der Waals surface area (Å²) in [4.78, 5) is 3.85. The first kappa shape index (κ1) is 10.4. The summed E-state index contributed by atoms with van der Waals surface area (Å²) in [5.74, 6) is 1.11. The molecule has 0 spiro atoms. The standard InChI is InChI=1S/C10H18N4O/c11-10-12-8-14(13-10)5-6-15-7-9-3-1-2-4-9/h8-9H,1-7H2,(H2,11,13). The Balaban J connectivity index is 1.58. The molecule has 2 rings (SSSR count). The maximum Gasteiger partial charge on any atom is 0.239 e. The minimum atomic E-state index is 0.325. The van der Waals surface area contributed by atoms with E-state index in [1.165, 1.54) is 25.7 Å². The number of nitrogen functional groups attached to an aromatic ring is 1. The Kier molecular flexibility index (Phi) is 3.55. The molecule has 1 fully saturated rings. The molecular weight excluding hydrogens is 192 g/mol. The number of rotatable bonds is 5. The molecule has 1 aromatic rings. The van der Waals surface area contributed by atoms with Crippen molar-refractivity contribution in [2.45, 2.75) is 32.2 Å². The first-order chi connectivity index (χ1) is 7.34. The largest absolute Gasteiger partial charge is 0.379 e. The van der Waals surface area contributed by atoms with Gasteiger partial charge in [0.15, 0.2) is 0 Å². The van der Waals surface area contributed by atoms with Crippen LogP contribution >= 0.6 is 0 Å². The molecule has 0 amide bonds. The van der Waals surface area contributed by atoms with Gasteiger partial charge >= 0.3 is 0 Å². The van der Waals surface area contributed by atoms with Crippen LogP contribution in [-0.2, 0) is 11.3 Å². The van der Waals surface area contributed by atoms with E-state index in [0.717, 1.165) is 19.1 Å². The van der Waals surface area contributed by atoms with Crippen LogP contribution in [0.5, 0.6) is 0 Å². The lowest BCUT2D eigenvalue weighted by Gasteiger charge is -2.09. The van der Waals surface area contributed by atoms with E-state index in [2.05, 4.69) is 10.1 Å². The fraction of sp³-hybridized carbons (Fsp3) is 0.800. The second kappa shape index (κ2) is 5.11. The summed E-state index contributed by atoms with van der Waals surface area (Å²) < 4.78 is 7.31. The van der Waals surface area contributed by atoms with Crippen LogP contribution < -0.4 is 5.73 Å². The van der Waals surface area contributed by atoms with E-state index in [1.54, 1.807) is 11.0 Å². The predicted molar refractivity (Wildman–Crippen MR) is 57.2 cm³/mol. The smallest absolute Gasteiger partial charge is 0.239 e. The molecule has 1 saturated carbocycles. The molecule has 0 atom stereocenters. The lowest BCUT2D eigenvalue weighted by Crippen LogP contribution is -2.11. The fourth-order valence-corrected chi connectivity index (χ4v) is 2.00. The van der Waals surface area contributed by atoms with Gasteiger partial charge in [0.25, 0.3) is 0 Å². The van der Waals surface area contributed by atoms with Crippen molar-refractivity contribution in [3.05, 3.63) is 6.33 Å². The van der Waals surface area contributed by atoms with E-state index in [4.69, 9.17) is 10.5 Å². The third-order valence-corrected chi connectivity index (χ3v) is 2.85. The summed E-state index contributed by atoms with van der Waals surface area (Å²) in [5, 5.41) is 3.98. The summed E-state index contributed by atoms with van der Waals surface area (Å²) in [5.41, 5.74) is 5.40. The van der Waals surface area contributed by atoms with E-state index in [-0.39, 0.29) is 0 Å². The molecule has 84 valence electrons. The quantitative estimate of drug-likeness (QED) is 0.738. The average Bonchev–Trinajstić information content (AvgIpc) is 2.84. The van der Waals surface area contributed by atoms with Gasteiger partial charge in [-0.2, -0.15) is 0 Å². The molecule has 5 heteroatoms. The summed E-state index contributed by atoms with van der Waals surface area (Å²) in [6.07, 6.45) is 7.03. The molecule has 0 aliphatic heterocycles. The van der Waals surface area contributed by atoms with Crippen LogP contribution in [0.3, 0.4) is 0 Å². The molecule has 15 heavy (non-hydrogen) atoms. The Morgan fingerprint density at radius 1 is 1.47 bits per heavy atom. The highest BCUT2D eigenvalue weighted by Crippen LogP contribution is 2.24. The van der Waals surface area contributed by atoms with Gasteiger partial charge in [-0.15, -0.1) is 5.10 Å². The maximum atomic E-state index is 5.60. The molecule has 2 N–H and O–H groups in total. The third-order valence-electron chi connectivity index (χ3n) is 2.85. The number of nitrogens with two attached hydrogens (primary N) is 1. The molecule has 1 heterocycles. The Morgan fingerprint density at radius 3 is 2.93 bits per heavy atom. The Hall–Kier alpha value is -1.10. The van der Waals surface area contributed by atoms with Crippen molar-refractivity contribution in [3.8, 4) is 0 Å². The van der Waals surface area contributed by atoms with Crippen molar-refractivity contribution in [3.63, 3.8) is 0 Å². The zero-order valence-corrected chi connectivity index (χ0v) is 8.93. The first-order valence-corrected chi connectivity index (χ1v) is 5.57. The van der Waals surface area contributed by atoms with Crippen molar-refractivity contribution in [2.75, 3.05) is 18.9 Å². The van der Waals surface area contributed by atoms with Gasteiger partial charge in [-0.25, -0.2) is 9.67 Å². The molecule has 0 unspecified atom stereocenters. The molecule has 5 nitrogen and oxygen atoms in total. The average molecular weight is 210 g/mol. The van der Waals surface area contributed by atoms with Gasteiger partial charge < -0.3 is 10.5 Å². The lowest BCUT2D eigenvalue weighted by atomic mass is 10.1. The zero-order chi connectivity index (χ0) is 10.5. The summed E-state index contributed by atoms with van der Waals surface area (Å²) in [6.45, 7) is 2.32. The summed E-state index contributed by atoms with van der Waals surface area (Å²) >= 11 is 0. The topological polar surface area (TPSA) is 66.0 Å². The molecular formula is C10H18N4O. The lowest BCUT2D eigenvalue weighted by molar-refractivity contribution is 0.0929. The van der Waals surface area contributed by atoms with Gasteiger partial charge in [-0.05, 0) is 18.8 Å². The van der Waals surface area contributed by atoms with Gasteiger partial charge in [-0.1, -0.05) is 12.8 Å². The number of hydrogen-bond donors (Lipinski definition) is 1. The highest BCUT2D eigenvalue weighted by molar-refractivity contribution is 5.08. The monoisotopic (exact) mass is 210 g/mol. The van der Waals surface area contributed by atoms with Crippen LogP contribution in [0.4, 0.5) is 5.95 Å². The van der Waals surface area contributed by atoms with Crippen LogP contribution in [-0.4, -0.2) is 28.0 Å². The van der Waals surface area contributed by atoms with E-state index in [9.17, 15) is 0 Å². The normalized spacial score (nSPS) is 17.3. The number of hydrogen-bond acceptors (Lipinski definition) is 4. The van der Waals surface area contributed by atoms with Crippen molar-refractivity contribution < 1.29 is 4.74 Å². The molecule has 1 aromatic heterocycles. The highest BCUT2D eigenvalue weighted by Gasteiger charge is 2.14. The van der Waals surface area contributed by atoms with Gasteiger partial charge in [-0.3, -0.25) is 0 Å². The van der Waals surface area contributed by atoms with Crippen LogP contribution in [0.2, 0.25) is 0 Å². The van der Waals surface area contributed by atoms with Gasteiger partial charge in [0.05, 0.1) is 13.2 Å². The Morgan fingerprint density at radius 2 is 2.27 bits per heavy atom. The molecule has 0 bridgehead atoms. The number of nitrogens with zero attached hydrogens (tertiary/aromatic N) is 3. The molecule has 0 aromatic carbocycles. The van der Waals surface area contributed by atoms with Crippen LogP contribution in [0.15, 0.2) is 6.33 Å². The van der Waals surface area contributed by atoms with Crippen LogP contribution in [0, 0.1) is 5.92 Å². The molecule has 1 aliphatic carbocycles. The van der Waals surface area contributed by atoms with Crippen molar-refractivity contribution in [2.24, 2.45) is 5.92 Å². The molecule has 0 saturated heterocycles. The minimum absolute atomic E-state index is 0.325. The third kappa shape index (κ3) is 3.20. The first-order valence-electron chi connectivity index (χ1n) is 5.57. The van der Waals surface area contributed by atoms with E-state index in [1.807, 2.05) is 0 Å². The fourth-order valence-electron chi connectivity index (χ4n) is 2.00. The second-order valence-electron chi connectivity index (χ2n) is 4.09. The zero-order valence-electron chi connectivity index (χ0n) is 8.93. The molecule has 0 radical (unpaired) electrons. The predicted octanol–water partition coefficient (Wildman–Crippen LogP) is 1.07. The van der Waals surface area contributed by atoms with Crippen molar-refractivity contribution in [1.82, 2.24) is 14.8 Å². The van der Waals surface area contributed by atoms with Gasteiger partial charge in [0.2, 0.25) is 5.95 Å².